The van der Waals surface area contributed by atoms with Crippen molar-refractivity contribution in [3.63, 3.8) is 0 Å². The van der Waals surface area contributed by atoms with Crippen molar-refractivity contribution in [2.75, 3.05) is 26.3 Å². The predicted molar refractivity (Wildman–Crippen MR) is 78.4 cm³/mol. The Balaban J connectivity index is 1.80. The lowest BCUT2D eigenvalue weighted by molar-refractivity contribution is 0.0185. The molecule has 0 aromatic heterocycles. The van der Waals surface area contributed by atoms with Gasteiger partial charge in [0.25, 0.3) is 0 Å². The topological polar surface area (TPSA) is 21.3 Å². The van der Waals surface area contributed by atoms with Gasteiger partial charge in [0, 0.05) is 19.8 Å². The summed E-state index contributed by atoms with van der Waals surface area (Å²) in [5.74, 6) is 2.23. The summed E-state index contributed by atoms with van der Waals surface area (Å²) in [6.45, 7) is 6.44. The van der Waals surface area contributed by atoms with Crippen molar-refractivity contribution in [2.45, 2.75) is 32.1 Å². The van der Waals surface area contributed by atoms with Crippen LogP contribution in [0.5, 0.6) is 0 Å². The average Bonchev–Trinajstić information content (AvgIpc) is 2.48. The molecule has 0 saturated carbocycles. The van der Waals surface area contributed by atoms with E-state index in [1.165, 1.54) is 36.9 Å². The van der Waals surface area contributed by atoms with E-state index in [-0.39, 0.29) is 0 Å². The molecule has 2 aliphatic heterocycles. The third-order valence-corrected chi connectivity index (χ3v) is 4.81. The van der Waals surface area contributed by atoms with E-state index >= 15 is 0 Å². The summed E-state index contributed by atoms with van der Waals surface area (Å²) in [5.41, 5.74) is 2.89. The van der Waals surface area contributed by atoms with Crippen molar-refractivity contribution in [1.82, 2.24) is 5.32 Å². The van der Waals surface area contributed by atoms with Crippen LogP contribution in [-0.4, -0.2) is 26.3 Å². The van der Waals surface area contributed by atoms with Crippen molar-refractivity contribution in [1.29, 1.82) is 0 Å². The summed E-state index contributed by atoms with van der Waals surface area (Å²) < 4.78 is 5.72. The molecule has 0 bridgehead atoms. The zero-order chi connectivity index (χ0) is 13.1. The standard InChI is InChI=1S/C17H25NO/c1-13-4-2-5-14(10-13)17-11-18-8-7-16(17)15-6-3-9-19-12-15/h2,4-5,10,15-18H,3,6-9,11-12H2,1H3. The molecule has 0 spiro atoms. The highest BCUT2D eigenvalue weighted by atomic mass is 16.5. The van der Waals surface area contributed by atoms with E-state index in [1.807, 2.05) is 0 Å². The summed E-state index contributed by atoms with van der Waals surface area (Å²) in [6.07, 6.45) is 3.90. The fourth-order valence-electron chi connectivity index (χ4n) is 3.81. The molecule has 3 unspecified atom stereocenters. The second-order valence-electron chi connectivity index (χ2n) is 6.15. The van der Waals surface area contributed by atoms with Crippen LogP contribution >= 0.6 is 0 Å². The second-order valence-corrected chi connectivity index (χ2v) is 6.15. The lowest BCUT2D eigenvalue weighted by atomic mass is 9.72. The minimum atomic E-state index is 0.667. The molecule has 2 saturated heterocycles. The van der Waals surface area contributed by atoms with E-state index in [4.69, 9.17) is 4.74 Å². The first kappa shape index (κ1) is 13.1. The number of nitrogens with one attached hydrogen (secondary N) is 1. The van der Waals surface area contributed by atoms with Crippen LogP contribution in [0.25, 0.3) is 0 Å². The summed E-state index contributed by atoms with van der Waals surface area (Å²) in [6, 6.07) is 9.07. The smallest absolute Gasteiger partial charge is 0.0497 e. The number of hydrogen-bond acceptors (Lipinski definition) is 2. The van der Waals surface area contributed by atoms with Crippen LogP contribution in [0.2, 0.25) is 0 Å². The van der Waals surface area contributed by atoms with Crippen LogP contribution < -0.4 is 5.32 Å². The first-order valence-electron chi connectivity index (χ1n) is 7.69. The number of piperidine rings is 1. The predicted octanol–water partition coefficient (Wildman–Crippen LogP) is 3.11. The molecule has 0 amide bonds. The van der Waals surface area contributed by atoms with E-state index in [0.717, 1.165) is 31.6 Å². The Kier molecular flexibility index (Phi) is 4.19. The largest absolute Gasteiger partial charge is 0.381 e. The van der Waals surface area contributed by atoms with Gasteiger partial charge in [0.2, 0.25) is 0 Å². The molecular weight excluding hydrogens is 234 g/mol. The van der Waals surface area contributed by atoms with Gasteiger partial charge in [-0.2, -0.15) is 0 Å². The number of hydrogen-bond donors (Lipinski definition) is 1. The lowest BCUT2D eigenvalue weighted by Gasteiger charge is -2.39. The molecule has 1 N–H and O–H groups in total. The molecule has 2 heteroatoms. The summed E-state index contributed by atoms with van der Waals surface area (Å²) >= 11 is 0. The van der Waals surface area contributed by atoms with Gasteiger partial charge in [-0.15, -0.1) is 0 Å². The molecule has 2 aliphatic rings. The monoisotopic (exact) mass is 259 g/mol. The Labute approximate surface area is 116 Å². The fraction of sp³-hybridized carbons (Fsp3) is 0.647. The number of benzene rings is 1. The van der Waals surface area contributed by atoms with Gasteiger partial charge in [0.1, 0.15) is 0 Å². The van der Waals surface area contributed by atoms with Gasteiger partial charge in [0.05, 0.1) is 0 Å². The molecule has 3 atom stereocenters. The molecule has 1 aromatic rings. The minimum Gasteiger partial charge on any atom is -0.381 e. The van der Waals surface area contributed by atoms with Crippen LogP contribution in [0.4, 0.5) is 0 Å². The van der Waals surface area contributed by atoms with Crippen molar-refractivity contribution in [3.8, 4) is 0 Å². The molecule has 2 heterocycles. The van der Waals surface area contributed by atoms with Crippen molar-refractivity contribution >= 4 is 0 Å². The third kappa shape index (κ3) is 3.01. The highest BCUT2D eigenvalue weighted by Crippen LogP contribution is 2.38. The normalized spacial score (nSPS) is 32.2. The van der Waals surface area contributed by atoms with Gasteiger partial charge in [-0.1, -0.05) is 29.8 Å². The molecule has 2 fully saturated rings. The summed E-state index contributed by atoms with van der Waals surface area (Å²) in [4.78, 5) is 0. The van der Waals surface area contributed by atoms with Crippen LogP contribution in [0.15, 0.2) is 24.3 Å². The first-order valence-corrected chi connectivity index (χ1v) is 7.69. The Hall–Kier alpha value is -0.860. The molecule has 1 aromatic carbocycles. The quantitative estimate of drug-likeness (QED) is 0.881. The Bertz CT molecular complexity index is 411. The van der Waals surface area contributed by atoms with Gasteiger partial charge < -0.3 is 10.1 Å². The maximum absolute atomic E-state index is 5.72. The van der Waals surface area contributed by atoms with Crippen LogP contribution in [-0.2, 0) is 4.74 Å². The highest BCUT2D eigenvalue weighted by Gasteiger charge is 2.33. The molecule has 0 radical (unpaired) electrons. The number of ether oxygens (including phenoxy) is 1. The zero-order valence-electron chi connectivity index (χ0n) is 11.9. The SMILES string of the molecule is Cc1cccc(C2CNCCC2C2CCCOC2)c1. The molecule has 3 rings (SSSR count). The van der Waals surface area contributed by atoms with Gasteiger partial charge >= 0.3 is 0 Å². The molecule has 0 aliphatic carbocycles. The molecular formula is C17H25NO. The van der Waals surface area contributed by atoms with E-state index < -0.39 is 0 Å². The van der Waals surface area contributed by atoms with E-state index in [2.05, 4.69) is 36.5 Å². The molecule has 19 heavy (non-hydrogen) atoms. The van der Waals surface area contributed by atoms with Gasteiger partial charge in [-0.3, -0.25) is 0 Å². The number of rotatable bonds is 2. The van der Waals surface area contributed by atoms with Gasteiger partial charge in [-0.05, 0) is 56.0 Å². The Morgan fingerprint density at radius 1 is 1.26 bits per heavy atom. The molecule has 104 valence electrons. The first-order chi connectivity index (χ1) is 9.34. The maximum atomic E-state index is 5.72. The van der Waals surface area contributed by atoms with Crippen molar-refractivity contribution < 1.29 is 4.74 Å². The van der Waals surface area contributed by atoms with Gasteiger partial charge in [0.15, 0.2) is 0 Å². The fourth-order valence-corrected chi connectivity index (χ4v) is 3.81. The summed E-state index contributed by atoms with van der Waals surface area (Å²) in [5, 5.41) is 3.58. The van der Waals surface area contributed by atoms with Crippen molar-refractivity contribution in [2.24, 2.45) is 11.8 Å². The minimum absolute atomic E-state index is 0.667. The number of aryl methyl sites for hydroxylation is 1. The third-order valence-electron chi connectivity index (χ3n) is 4.81. The second kappa shape index (κ2) is 6.06. The average molecular weight is 259 g/mol. The van der Waals surface area contributed by atoms with Gasteiger partial charge in [-0.25, -0.2) is 0 Å². The Morgan fingerprint density at radius 3 is 3.00 bits per heavy atom. The Morgan fingerprint density at radius 2 is 2.21 bits per heavy atom. The van der Waals surface area contributed by atoms with Crippen LogP contribution in [0, 0.1) is 18.8 Å². The van der Waals surface area contributed by atoms with Crippen LogP contribution in [0.1, 0.15) is 36.3 Å². The zero-order valence-corrected chi connectivity index (χ0v) is 11.9. The lowest BCUT2D eigenvalue weighted by Crippen LogP contribution is -2.40. The maximum Gasteiger partial charge on any atom is 0.0497 e. The highest BCUT2D eigenvalue weighted by molar-refractivity contribution is 5.27. The summed E-state index contributed by atoms with van der Waals surface area (Å²) in [7, 11) is 0. The van der Waals surface area contributed by atoms with Crippen molar-refractivity contribution in [3.05, 3.63) is 35.4 Å². The van der Waals surface area contributed by atoms with E-state index in [1.54, 1.807) is 0 Å². The van der Waals surface area contributed by atoms with E-state index in [9.17, 15) is 0 Å². The molecule has 2 nitrogen and oxygen atoms in total. The van der Waals surface area contributed by atoms with Crippen LogP contribution in [0.3, 0.4) is 0 Å². The van der Waals surface area contributed by atoms with E-state index in [0.29, 0.717) is 5.92 Å².